The quantitative estimate of drug-likeness (QED) is 0.845. The number of hydrogen-bond donors (Lipinski definition) is 1. The fourth-order valence-corrected chi connectivity index (χ4v) is 1.78. The van der Waals surface area contributed by atoms with Crippen LogP contribution in [0.25, 0.3) is 0 Å². The van der Waals surface area contributed by atoms with Crippen LogP contribution < -0.4 is 0 Å². The molecule has 0 aliphatic rings. The van der Waals surface area contributed by atoms with E-state index in [1.54, 1.807) is 18.2 Å². The molecule has 0 aliphatic carbocycles. The van der Waals surface area contributed by atoms with Gasteiger partial charge in [0.25, 0.3) is 0 Å². The third-order valence-electron chi connectivity index (χ3n) is 2.39. The van der Waals surface area contributed by atoms with Gasteiger partial charge in [0.1, 0.15) is 11.9 Å². The molecule has 1 unspecified atom stereocenters. The zero-order chi connectivity index (χ0) is 11.5. The Bertz CT molecular complexity index is 485. The van der Waals surface area contributed by atoms with Gasteiger partial charge < -0.3 is 5.11 Å². The number of aliphatic hydroxyl groups is 1. The van der Waals surface area contributed by atoms with Crippen molar-refractivity contribution in [3.05, 3.63) is 70.5 Å². The van der Waals surface area contributed by atoms with Crippen LogP contribution in [0.2, 0.25) is 5.02 Å². The number of halogens is 2. The summed E-state index contributed by atoms with van der Waals surface area (Å²) in [5.74, 6) is -0.519. The van der Waals surface area contributed by atoms with Crippen LogP contribution in [0.1, 0.15) is 17.2 Å². The van der Waals surface area contributed by atoms with Gasteiger partial charge in [0, 0.05) is 5.56 Å². The summed E-state index contributed by atoms with van der Waals surface area (Å²) < 4.78 is 13.2. The highest BCUT2D eigenvalue weighted by Crippen LogP contribution is 2.29. The number of hydrogen-bond acceptors (Lipinski definition) is 1. The van der Waals surface area contributed by atoms with E-state index >= 15 is 0 Å². The summed E-state index contributed by atoms with van der Waals surface area (Å²) in [5.41, 5.74) is 1.07. The Morgan fingerprint density at radius 1 is 1.00 bits per heavy atom. The Morgan fingerprint density at radius 3 is 2.38 bits per heavy atom. The summed E-state index contributed by atoms with van der Waals surface area (Å²) in [4.78, 5) is 0. The molecule has 1 N–H and O–H groups in total. The highest BCUT2D eigenvalue weighted by Gasteiger charge is 2.15. The second kappa shape index (κ2) is 4.64. The third kappa shape index (κ3) is 2.08. The molecule has 0 fully saturated rings. The lowest BCUT2D eigenvalue weighted by Crippen LogP contribution is -2.01. The van der Waals surface area contributed by atoms with Crippen molar-refractivity contribution in [3.8, 4) is 0 Å². The van der Waals surface area contributed by atoms with Crippen LogP contribution in [-0.4, -0.2) is 5.11 Å². The first-order chi connectivity index (χ1) is 7.70. The first-order valence-corrected chi connectivity index (χ1v) is 5.25. The van der Waals surface area contributed by atoms with E-state index < -0.39 is 11.9 Å². The highest BCUT2D eigenvalue weighted by molar-refractivity contribution is 6.31. The van der Waals surface area contributed by atoms with Gasteiger partial charge in [-0.2, -0.15) is 0 Å². The Kier molecular flexibility index (Phi) is 3.22. The van der Waals surface area contributed by atoms with Crippen molar-refractivity contribution in [2.45, 2.75) is 6.10 Å². The fourth-order valence-electron chi connectivity index (χ4n) is 1.55. The molecule has 2 aromatic carbocycles. The molecule has 0 saturated carbocycles. The van der Waals surface area contributed by atoms with Gasteiger partial charge in [-0.25, -0.2) is 4.39 Å². The Morgan fingerprint density at radius 2 is 1.69 bits per heavy atom. The lowest BCUT2D eigenvalue weighted by atomic mass is 10.0. The number of benzene rings is 2. The van der Waals surface area contributed by atoms with Crippen LogP contribution in [0.3, 0.4) is 0 Å². The predicted molar refractivity (Wildman–Crippen MR) is 61.9 cm³/mol. The summed E-state index contributed by atoms with van der Waals surface area (Å²) in [5, 5.41) is 10.0. The predicted octanol–water partition coefficient (Wildman–Crippen LogP) is 3.56. The third-order valence-corrected chi connectivity index (χ3v) is 2.79. The average Bonchev–Trinajstić information content (AvgIpc) is 2.33. The van der Waals surface area contributed by atoms with E-state index in [4.69, 9.17) is 11.6 Å². The van der Waals surface area contributed by atoms with Gasteiger partial charge in [0.05, 0.1) is 5.02 Å². The summed E-state index contributed by atoms with van der Waals surface area (Å²) in [6, 6.07) is 13.4. The fraction of sp³-hybridized carbons (Fsp3) is 0.0769. The van der Waals surface area contributed by atoms with Crippen LogP contribution in [0.5, 0.6) is 0 Å². The van der Waals surface area contributed by atoms with E-state index in [1.807, 2.05) is 18.2 Å². The average molecular weight is 237 g/mol. The van der Waals surface area contributed by atoms with Crippen molar-refractivity contribution < 1.29 is 9.50 Å². The first-order valence-electron chi connectivity index (χ1n) is 4.87. The van der Waals surface area contributed by atoms with E-state index in [9.17, 15) is 9.50 Å². The second-order valence-corrected chi connectivity index (χ2v) is 3.83. The zero-order valence-corrected chi connectivity index (χ0v) is 9.16. The molecule has 0 radical (unpaired) electrons. The maximum atomic E-state index is 13.2. The highest BCUT2D eigenvalue weighted by atomic mass is 35.5. The molecule has 0 bridgehead atoms. The van der Waals surface area contributed by atoms with Crippen molar-refractivity contribution in [1.82, 2.24) is 0 Å². The summed E-state index contributed by atoms with van der Waals surface area (Å²) in [7, 11) is 0. The molecule has 0 aromatic heterocycles. The normalized spacial score (nSPS) is 12.4. The number of aliphatic hydroxyl groups excluding tert-OH is 1. The Hall–Kier alpha value is -1.38. The maximum Gasteiger partial charge on any atom is 0.142 e. The minimum Gasteiger partial charge on any atom is -0.384 e. The van der Waals surface area contributed by atoms with Crippen LogP contribution >= 0.6 is 11.6 Å². The second-order valence-electron chi connectivity index (χ2n) is 3.46. The summed E-state index contributed by atoms with van der Waals surface area (Å²) in [6.45, 7) is 0. The van der Waals surface area contributed by atoms with Gasteiger partial charge >= 0.3 is 0 Å². The Labute approximate surface area is 98.1 Å². The van der Waals surface area contributed by atoms with Gasteiger partial charge in [-0.05, 0) is 11.6 Å². The van der Waals surface area contributed by atoms with Gasteiger partial charge in [-0.3, -0.25) is 0 Å². The van der Waals surface area contributed by atoms with Crippen LogP contribution in [0.15, 0.2) is 48.5 Å². The maximum absolute atomic E-state index is 13.2. The monoisotopic (exact) mass is 236 g/mol. The van der Waals surface area contributed by atoms with E-state index in [0.717, 1.165) is 0 Å². The van der Waals surface area contributed by atoms with Crippen molar-refractivity contribution >= 4 is 11.6 Å². The molecule has 0 saturated heterocycles. The minimum absolute atomic E-state index is 0.0288. The standard InChI is InChI=1S/C13H10ClFO/c14-12-10(7-4-8-11(12)15)13(16)9-5-2-1-3-6-9/h1-8,13,16H. The number of rotatable bonds is 2. The molecule has 1 nitrogen and oxygen atoms in total. The molecule has 0 aliphatic heterocycles. The summed E-state index contributed by atoms with van der Waals surface area (Å²) >= 11 is 5.80. The molecular formula is C13H10ClFO. The van der Waals surface area contributed by atoms with Gasteiger partial charge in [0.2, 0.25) is 0 Å². The van der Waals surface area contributed by atoms with Crippen LogP contribution in [-0.2, 0) is 0 Å². The SMILES string of the molecule is OC(c1ccccc1)c1cccc(F)c1Cl. The molecular weight excluding hydrogens is 227 g/mol. The first kappa shape index (κ1) is 11.1. The molecule has 0 spiro atoms. The van der Waals surface area contributed by atoms with Crippen molar-refractivity contribution in [2.75, 3.05) is 0 Å². The molecule has 16 heavy (non-hydrogen) atoms. The molecule has 1 atom stereocenters. The molecule has 3 heteroatoms. The minimum atomic E-state index is -0.899. The molecule has 82 valence electrons. The van der Waals surface area contributed by atoms with E-state index in [-0.39, 0.29) is 5.02 Å². The lowest BCUT2D eigenvalue weighted by Gasteiger charge is -2.13. The summed E-state index contributed by atoms with van der Waals surface area (Å²) in [6.07, 6.45) is -0.899. The van der Waals surface area contributed by atoms with E-state index in [1.165, 1.54) is 12.1 Å². The van der Waals surface area contributed by atoms with Crippen molar-refractivity contribution in [1.29, 1.82) is 0 Å². The van der Waals surface area contributed by atoms with Crippen LogP contribution in [0.4, 0.5) is 4.39 Å². The van der Waals surface area contributed by atoms with Gasteiger partial charge in [-0.1, -0.05) is 54.1 Å². The van der Waals surface area contributed by atoms with Gasteiger partial charge in [-0.15, -0.1) is 0 Å². The van der Waals surface area contributed by atoms with E-state index in [2.05, 4.69) is 0 Å². The smallest absolute Gasteiger partial charge is 0.142 e. The zero-order valence-electron chi connectivity index (χ0n) is 8.40. The largest absolute Gasteiger partial charge is 0.384 e. The molecule has 0 amide bonds. The van der Waals surface area contributed by atoms with Crippen molar-refractivity contribution in [3.63, 3.8) is 0 Å². The molecule has 2 rings (SSSR count). The lowest BCUT2D eigenvalue weighted by molar-refractivity contribution is 0.220. The van der Waals surface area contributed by atoms with Crippen molar-refractivity contribution in [2.24, 2.45) is 0 Å². The Balaban J connectivity index is 2.42. The molecule has 2 aromatic rings. The topological polar surface area (TPSA) is 20.2 Å². The molecule has 0 heterocycles. The van der Waals surface area contributed by atoms with E-state index in [0.29, 0.717) is 11.1 Å². The van der Waals surface area contributed by atoms with Crippen LogP contribution in [0, 0.1) is 5.82 Å². The van der Waals surface area contributed by atoms with Gasteiger partial charge in [0.15, 0.2) is 0 Å².